The molecular weight excluding hydrogens is 523 g/mol. The molecule has 41 heavy (non-hydrogen) atoms. The van der Waals surface area contributed by atoms with Gasteiger partial charge < -0.3 is 10.4 Å². The lowest BCUT2D eigenvalue weighted by Gasteiger charge is -2.12. The molecule has 0 spiro atoms. The highest BCUT2D eigenvalue weighted by Crippen LogP contribution is 2.25. The summed E-state index contributed by atoms with van der Waals surface area (Å²) in [5.74, 6) is -2.38. The summed E-state index contributed by atoms with van der Waals surface area (Å²) in [7, 11) is 0. The van der Waals surface area contributed by atoms with Crippen LogP contribution in [0.4, 0.5) is 4.39 Å². The van der Waals surface area contributed by atoms with E-state index >= 15 is 0 Å². The first kappa shape index (κ1) is 25.6. The molecule has 0 saturated heterocycles. The molecule has 2 N–H and O–H groups in total. The predicted molar refractivity (Wildman–Crippen MR) is 150 cm³/mol. The van der Waals surface area contributed by atoms with Gasteiger partial charge >= 0.3 is 5.97 Å². The number of fused-ring (bicyclic) bond motifs is 2. The van der Waals surface area contributed by atoms with E-state index in [0.29, 0.717) is 22.3 Å². The van der Waals surface area contributed by atoms with Crippen molar-refractivity contribution in [2.75, 3.05) is 0 Å². The number of aromatic nitrogens is 3. The quantitative estimate of drug-likeness (QED) is 0.255. The second kappa shape index (κ2) is 10.5. The summed E-state index contributed by atoms with van der Waals surface area (Å²) in [6.45, 7) is 0.108. The zero-order valence-corrected chi connectivity index (χ0v) is 21.4. The fourth-order valence-electron chi connectivity index (χ4n) is 4.64. The van der Waals surface area contributed by atoms with E-state index in [2.05, 4.69) is 15.5 Å². The molecule has 200 valence electrons. The van der Waals surface area contributed by atoms with Crippen LogP contribution in [-0.4, -0.2) is 37.4 Å². The van der Waals surface area contributed by atoms with Crippen molar-refractivity contribution in [3.63, 3.8) is 0 Å². The molecule has 0 saturated carbocycles. The fourth-order valence-corrected chi connectivity index (χ4v) is 4.64. The summed E-state index contributed by atoms with van der Waals surface area (Å²) < 4.78 is 15.0. The highest BCUT2D eigenvalue weighted by atomic mass is 19.1. The van der Waals surface area contributed by atoms with Gasteiger partial charge in [0.1, 0.15) is 11.5 Å². The minimum Gasteiger partial charge on any atom is -0.478 e. The van der Waals surface area contributed by atoms with Gasteiger partial charge in [0, 0.05) is 12.1 Å². The zero-order valence-electron chi connectivity index (χ0n) is 21.4. The number of carboxylic acids is 1. The van der Waals surface area contributed by atoms with E-state index in [4.69, 9.17) is 5.11 Å². The van der Waals surface area contributed by atoms with Crippen LogP contribution in [0.2, 0.25) is 0 Å². The van der Waals surface area contributed by atoms with Crippen LogP contribution in [-0.2, 0) is 6.54 Å². The lowest BCUT2D eigenvalue weighted by molar-refractivity contribution is 0.0696. The summed E-state index contributed by atoms with van der Waals surface area (Å²) in [5.41, 5.74) is 2.83. The molecule has 0 fully saturated rings. The van der Waals surface area contributed by atoms with E-state index in [1.165, 1.54) is 28.7 Å². The van der Waals surface area contributed by atoms with Crippen molar-refractivity contribution in [2.45, 2.75) is 6.54 Å². The number of hydrogen-bond acceptors (Lipinski definition) is 5. The third-order valence-electron chi connectivity index (χ3n) is 6.78. The predicted octanol–water partition coefficient (Wildman–Crippen LogP) is 5.55. The van der Waals surface area contributed by atoms with Gasteiger partial charge in [-0.25, -0.2) is 9.18 Å². The Morgan fingerprint density at radius 3 is 2.20 bits per heavy atom. The van der Waals surface area contributed by atoms with Gasteiger partial charge in [-0.05, 0) is 69.9 Å². The van der Waals surface area contributed by atoms with Gasteiger partial charge in [0.2, 0.25) is 11.6 Å². The SMILES string of the molecule is O=C(O)c1ccc(CNC(=O)c2cc(-c3ccc(F)cc3)cc3nnc(C(=O)c4ccc5ccccc5c4)n23)cc1. The number of amides is 1. The van der Waals surface area contributed by atoms with Gasteiger partial charge in [-0.1, -0.05) is 60.7 Å². The zero-order chi connectivity index (χ0) is 28.5. The lowest BCUT2D eigenvalue weighted by atomic mass is 10.0. The van der Waals surface area contributed by atoms with Crippen LogP contribution < -0.4 is 5.32 Å². The maximum atomic E-state index is 13.7. The number of nitrogens with one attached hydrogen (secondary N) is 1. The van der Waals surface area contributed by atoms with Gasteiger partial charge in [0.05, 0.1) is 5.56 Å². The summed E-state index contributed by atoms with van der Waals surface area (Å²) in [6, 6.07) is 28.2. The monoisotopic (exact) mass is 544 g/mol. The Bertz CT molecular complexity index is 1970. The number of halogens is 1. The van der Waals surface area contributed by atoms with E-state index < -0.39 is 23.5 Å². The van der Waals surface area contributed by atoms with Crippen LogP contribution in [0.15, 0.2) is 103 Å². The highest BCUT2D eigenvalue weighted by molar-refractivity contribution is 6.09. The van der Waals surface area contributed by atoms with Crippen molar-refractivity contribution in [3.05, 3.63) is 137 Å². The van der Waals surface area contributed by atoms with Crippen LogP contribution in [0.5, 0.6) is 0 Å². The summed E-state index contributed by atoms with van der Waals surface area (Å²) >= 11 is 0. The van der Waals surface area contributed by atoms with E-state index in [-0.39, 0.29) is 29.3 Å². The van der Waals surface area contributed by atoms with E-state index in [9.17, 15) is 18.8 Å². The number of aromatic carboxylic acids is 1. The molecular formula is C32H21FN4O4. The topological polar surface area (TPSA) is 114 Å². The van der Waals surface area contributed by atoms with E-state index in [0.717, 1.165) is 10.8 Å². The van der Waals surface area contributed by atoms with Crippen molar-refractivity contribution < 1.29 is 23.9 Å². The molecule has 0 bridgehead atoms. The van der Waals surface area contributed by atoms with Gasteiger partial charge in [-0.15, -0.1) is 10.2 Å². The Kier molecular flexibility index (Phi) is 6.52. The first-order chi connectivity index (χ1) is 19.9. The van der Waals surface area contributed by atoms with E-state index in [1.807, 2.05) is 30.3 Å². The Hall–Kier alpha value is -5.70. The number of carbonyl (C=O) groups is 3. The molecule has 8 nitrogen and oxygen atoms in total. The molecule has 6 aromatic rings. The van der Waals surface area contributed by atoms with Crippen molar-refractivity contribution >= 4 is 34.1 Å². The largest absolute Gasteiger partial charge is 0.478 e. The average molecular weight is 545 g/mol. The lowest BCUT2D eigenvalue weighted by Crippen LogP contribution is -2.26. The maximum absolute atomic E-state index is 13.7. The summed E-state index contributed by atoms with van der Waals surface area (Å²) in [5, 5.41) is 22.2. The molecule has 0 atom stereocenters. The molecule has 2 aromatic heterocycles. The smallest absolute Gasteiger partial charge is 0.335 e. The second-order valence-electron chi connectivity index (χ2n) is 9.43. The Morgan fingerprint density at radius 1 is 0.756 bits per heavy atom. The van der Waals surface area contributed by atoms with Gasteiger partial charge in [-0.3, -0.25) is 14.0 Å². The maximum Gasteiger partial charge on any atom is 0.335 e. The molecule has 4 aromatic carbocycles. The van der Waals surface area contributed by atoms with Crippen LogP contribution in [0.3, 0.4) is 0 Å². The van der Waals surface area contributed by atoms with E-state index in [1.54, 1.807) is 48.5 Å². The highest BCUT2D eigenvalue weighted by Gasteiger charge is 2.23. The normalized spacial score (nSPS) is 11.0. The van der Waals surface area contributed by atoms with Crippen molar-refractivity contribution in [2.24, 2.45) is 0 Å². The first-order valence-corrected chi connectivity index (χ1v) is 12.7. The van der Waals surface area contributed by atoms with Gasteiger partial charge in [-0.2, -0.15) is 0 Å². The standard InChI is InChI=1S/C32H21FN4O4/c33-26-13-11-21(12-14-26)25-16-27(31(39)34-18-19-5-7-22(8-6-19)32(40)41)37-28(17-25)35-36-30(37)29(38)24-10-9-20-3-1-2-4-23(20)15-24/h1-17H,18H2,(H,34,39)(H,40,41). The number of pyridine rings is 1. The van der Waals surface area contributed by atoms with Gasteiger partial charge in [0.25, 0.3) is 5.91 Å². The number of benzene rings is 4. The minimum absolute atomic E-state index is 0.0306. The Labute approximate surface area is 232 Å². The molecule has 1 amide bonds. The fraction of sp³-hybridized carbons (Fsp3) is 0.0312. The van der Waals surface area contributed by atoms with Gasteiger partial charge in [0.15, 0.2) is 5.65 Å². The number of ketones is 1. The van der Waals surface area contributed by atoms with Crippen LogP contribution in [0.1, 0.15) is 42.6 Å². The third kappa shape index (κ3) is 5.04. The van der Waals surface area contributed by atoms with Crippen LogP contribution >= 0.6 is 0 Å². The number of hydrogen-bond donors (Lipinski definition) is 2. The first-order valence-electron chi connectivity index (χ1n) is 12.7. The summed E-state index contributed by atoms with van der Waals surface area (Å²) in [6.07, 6.45) is 0. The minimum atomic E-state index is -1.04. The molecule has 0 aliphatic rings. The van der Waals surface area contributed by atoms with Crippen molar-refractivity contribution in [1.82, 2.24) is 19.9 Å². The molecule has 0 radical (unpaired) electrons. The number of rotatable bonds is 7. The van der Waals surface area contributed by atoms with Crippen LogP contribution in [0, 0.1) is 5.82 Å². The second-order valence-corrected chi connectivity index (χ2v) is 9.43. The van der Waals surface area contributed by atoms with Crippen molar-refractivity contribution in [1.29, 1.82) is 0 Å². The molecule has 0 aliphatic heterocycles. The van der Waals surface area contributed by atoms with Crippen LogP contribution in [0.25, 0.3) is 27.5 Å². The average Bonchev–Trinajstić information content (AvgIpc) is 3.43. The summed E-state index contributed by atoms with van der Waals surface area (Å²) in [4.78, 5) is 38.4. The molecule has 9 heteroatoms. The Morgan fingerprint density at radius 2 is 1.46 bits per heavy atom. The molecule has 2 heterocycles. The molecule has 0 unspecified atom stereocenters. The number of carboxylic acid groups (broad SMARTS) is 1. The number of carbonyl (C=O) groups excluding carboxylic acids is 2. The third-order valence-corrected chi connectivity index (χ3v) is 6.78. The Balaban J connectivity index is 1.41. The molecule has 0 aliphatic carbocycles. The molecule has 6 rings (SSSR count). The number of nitrogens with zero attached hydrogens (tertiary/aromatic N) is 3. The van der Waals surface area contributed by atoms with Crippen molar-refractivity contribution in [3.8, 4) is 11.1 Å².